The summed E-state index contributed by atoms with van der Waals surface area (Å²) in [5.74, 6) is 0.780. The van der Waals surface area contributed by atoms with Crippen LogP contribution >= 0.6 is 0 Å². The van der Waals surface area contributed by atoms with Gasteiger partial charge in [0.25, 0.3) is 0 Å². The fourth-order valence-corrected chi connectivity index (χ4v) is 2.39. The van der Waals surface area contributed by atoms with Crippen molar-refractivity contribution < 1.29 is 4.92 Å². The summed E-state index contributed by atoms with van der Waals surface area (Å²) in [5.41, 5.74) is 0.00510. The highest BCUT2D eigenvalue weighted by Crippen LogP contribution is 2.33. The molecule has 7 heteroatoms. The van der Waals surface area contributed by atoms with Crippen LogP contribution < -0.4 is 10.2 Å². The molecule has 1 aliphatic heterocycles. The Morgan fingerprint density at radius 2 is 2.10 bits per heavy atom. The summed E-state index contributed by atoms with van der Waals surface area (Å²) in [6.07, 6.45) is 6.69. The minimum atomic E-state index is -0.377. The first-order valence-electron chi connectivity index (χ1n) is 7.22. The molecule has 0 aliphatic carbocycles. The highest BCUT2D eigenvalue weighted by Gasteiger charge is 2.27. The van der Waals surface area contributed by atoms with Gasteiger partial charge in [-0.1, -0.05) is 13.3 Å². The van der Waals surface area contributed by atoms with Crippen molar-refractivity contribution in [3.8, 4) is 0 Å². The van der Waals surface area contributed by atoms with Crippen molar-refractivity contribution in [1.29, 1.82) is 0 Å². The molecule has 0 unspecified atom stereocenters. The minimum Gasteiger partial charge on any atom is -0.364 e. The fraction of sp³-hybridized carbons (Fsp3) is 0.692. The average molecular weight is 279 g/mol. The quantitative estimate of drug-likeness (QED) is 0.489. The summed E-state index contributed by atoms with van der Waals surface area (Å²) in [4.78, 5) is 21.2. The van der Waals surface area contributed by atoms with E-state index < -0.39 is 0 Å². The van der Waals surface area contributed by atoms with Crippen LogP contribution in [0.1, 0.15) is 39.0 Å². The number of aromatic nitrogens is 2. The number of unbranched alkanes of at least 4 members (excludes halogenated alkanes) is 1. The molecule has 0 spiro atoms. The van der Waals surface area contributed by atoms with Crippen LogP contribution in [-0.2, 0) is 0 Å². The molecule has 20 heavy (non-hydrogen) atoms. The zero-order valence-corrected chi connectivity index (χ0v) is 11.8. The number of hydrogen-bond donors (Lipinski definition) is 1. The molecule has 110 valence electrons. The number of nitrogens with one attached hydrogen (secondary N) is 1. The van der Waals surface area contributed by atoms with E-state index in [2.05, 4.69) is 22.2 Å². The monoisotopic (exact) mass is 279 g/mol. The van der Waals surface area contributed by atoms with Crippen LogP contribution in [0.5, 0.6) is 0 Å². The fourth-order valence-electron chi connectivity index (χ4n) is 2.39. The highest BCUT2D eigenvalue weighted by atomic mass is 16.6. The number of piperidine rings is 1. The Hall–Kier alpha value is -1.92. The molecule has 1 aliphatic rings. The van der Waals surface area contributed by atoms with Gasteiger partial charge in [-0.3, -0.25) is 10.1 Å². The predicted octanol–water partition coefficient (Wildman–Crippen LogP) is 2.59. The van der Waals surface area contributed by atoms with E-state index in [-0.39, 0.29) is 10.6 Å². The standard InChI is InChI=1S/C13H21N5O2/c1-2-3-7-14-12-11(18(19)20)13(16-10-15-12)17-8-5-4-6-9-17/h10H,2-9H2,1H3,(H,14,15,16). The summed E-state index contributed by atoms with van der Waals surface area (Å²) in [7, 11) is 0. The second-order valence-electron chi connectivity index (χ2n) is 4.98. The van der Waals surface area contributed by atoms with Gasteiger partial charge in [0.15, 0.2) is 0 Å². The second kappa shape index (κ2) is 7.02. The molecule has 0 amide bonds. The van der Waals surface area contributed by atoms with Crippen LogP contribution in [0.2, 0.25) is 0 Å². The van der Waals surface area contributed by atoms with Crippen molar-refractivity contribution in [2.45, 2.75) is 39.0 Å². The molecule has 0 radical (unpaired) electrons. The molecule has 0 aromatic carbocycles. The molecule has 7 nitrogen and oxygen atoms in total. The third-order valence-corrected chi connectivity index (χ3v) is 3.46. The van der Waals surface area contributed by atoms with E-state index >= 15 is 0 Å². The van der Waals surface area contributed by atoms with Crippen LogP contribution in [0.3, 0.4) is 0 Å². The van der Waals surface area contributed by atoms with Gasteiger partial charge in [0.2, 0.25) is 11.6 Å². The Kier molecular flexibility index (Phi) is 5.09. The van der Waals surface area contributed by atoms with Crippen LogP contribution in [0, 0.1) is 10.1 Å². The maximum atomic E-state index is 11.4. The van der Waals surface area contributed by atoms with E-state index in [0.717, 1.165) is 38.8 Å². The molecular weight excluding hydrogens is 258 g/mol. The lowest BCUT2D eigenvalue weighted by Crippen LogP contribution is -2.31. The lowest BCUT2D eigenvalue weighted by atomic mass is 10.1. The normalized spacial score (nSPS) is 15.2. The largest absolute Gasteiger partial charge is 0.364 e. The van der Waals surface area contributed by atoms with E-state index in [1.165, 1.54) is 12.7 Å². The van der Waals surface area contributed by atoms with E-state index in [1.807, 2.05) is 4.90 Å². The Balaban J connectivity index is 2.25. The topological polar surface area (TPSA) is 84.2 Å². The van der Waals surface area contributed by atoms with Crippen molar-refractivity contribution in [2.24, 2.45) is 0 Å². The maximum Gasteiger partial charge on any atom is 0.353 e. The van der Waals surface area contributed by atoms with Gasteiger partial charge in [0.05, 0.1) is 4.92 Å². The second-order valence-corrected chi connectivity index (χ2v) is 4.98. The number of nitro groups is 1. The van der Waals surface area contributed by atoms with Crippen LogP contribution in [0.4, 0.5) is 17.3 Å². The van der Waals surface area contributed by atoms with Crippen LogP contribution in [0.25, 0.3) is 0 Å². The molecule has 0 bridgehead atoms. The Labute approximate surface area is 118 Å². The van der Waals surface area contributed by atoms with Crippen molar-refractivity contribution in [3.63, 3.8) is 0 Å². The maximum absolute atomic E-state index is 11.4. The van der Waals surface area contributed by atoms with Gasteiger partial charge >= 0.3 is 5.69 Å². The SMILES string of the molecule is CCCCNc1ncnc(N2CCCCC2)c1[N+](=O)[O-]. The molecular formula is C13H21N5O2. The van der Waals surface area contributed by atoms with E-state index in [9.17, 15) is 10.1 Å². The zero-order valence-electron chi connectivity index (χ0n) is 11.8. The molecule has 1 aromatic heterocycles. The molecule has 1 fully saturated rings. The van der Waals surface area contributed by atoms with Gasteiger partial charge in [-0.25, -0.2) is 9.97 Å². The minimum absolute atomic E-state index is 0.00510. The number of nitrogens with zero attached hydrogens (tertiary/aromatic N) is 4. The first-order chi connectivity index (χ1) is 9.74. The Bertz CT molecular complexity index is 460. The van der Waals surface area contributed by atoms with Crippen molar-refractivity contribution in [2.75, 3.05) is 29.9 Å². The van der Waals surface area contributed by atoms with Crippen LogP contribution in [-0.4, -0.2) is 34.5 Å². The first-order valence-corrected chi connectivity index (χ1v) is 7.22. The van der Waals surface area contributed by atoms with Crippen molar-refractivity contribution >= 4 is 17.3 Å². The predicted molar refractivity (Wildman–Crippen MR) is 78.1 cm³/mol. The smallest absolute Gasteiger partial charge is 0.353 e. The molecule has 1 saturated heterocycles. The summed E-state index contributed by atoms with van der Waals surface area (Å²) >= 11 is 0. The Morgan fingerprint density at radius 1 is 1.35 bits per heavy atom. The van der Waals surface area contributed by atoms with E-state index in [0.29, 0.717) is 18.2 Å². The summed E-state index contributed by atoms with van der Waals surface area (Å²) in [5, 5.41) is 14.4. The molecule has 2 heterocycles. The van der Waals surface area contributed by atoms with Gasteiger partial charge in [-0.2, -0.15) is 0 Å². The van der Waals surface area contributed by atoms with Gasteiger partial charge in [-0.15, -0.1) is 0 Å². The van der Waals surface area contributed by atoms with Crippen LogP contribution in [0.15, 0.2) is 6.33 Å². The molecule has 1 N–H and O–H groups in total. The van der Waals surface area contributed by atoms with E-state index in [1.54, 1.807) is 0 Å². The first kappa shape index (κ1) is 14.5. The highest BCUT2D eigenvalue weighted by molar-refractivity contribution is 5.70. The number of anilines is 2. The van der Waals surface area contributed by atoms with Gasteiger partial charge in [0.1, 0.15) is 6.33 Å². The molecule has 2 rings (SSSR count). The summed E-state index contributed by atoms with van der Waals surface area (Å²) in [6, 6.07) is 0. The number of hydrogen-bond acceptors (Lipinski definition) is 6. The lowest BCUT2D eigenvalue weighted by molar-refractivity contribution is -0.383. The Morgan fingerprint density at radius 3 is 2.75 bits per heavy atom. The van der Waals surface area contributed by atoms with Gasteiger partial charge < -0.3 is 10.2 Å². The van der Waals surface area contributed by atoms with Crippen molar-refractivity contribution in [3.05, 3.63) is 16.4 Å². The summed E-state index contributed by atoms with van der Waals surface area (Å²) < 4.78 is 0. The van der Waals surface area contributed by atoms with E-state index in [4.69, 9.17) is 0 Å². The molecule has 0 saturated carbocycles. The molecule has 0 atom stereocenters. The molecule has 1 aromatic rings. The average Bonchev–Trinajstić information content (AvgIpc) is 2.48. The lowest BCUT2D eigenvalue weighted by Gasteiger charge is -2.27. The summed E-state index contributed by atoms with van der Waals surface area (Å²) in [6.45, 7) is 4.42. The van der Waals surface area contributed by atoms with Crippen molar-refractivity contribution in [1.82, 2.24) is 9.97 Å². The van der Waals surface area contributed by atoms with Gasteiger partial charge in [-0.05, 0) is 25.7 Å². The third kappa shape index (κ3) is 3.34. The zero-order chi connectivity index (χ0) is 14.4. The third-order valence-electron chi connectivity index (χ3n) is 3.46. The number of rotatable bonds is 6. The van der Waals surface area contributed by atoms with Gasteiger partial charge in [0, 0.05) is 19.6 Å².